The van der Waals surface area contributed by atoms with Crippen molar-refractivity contribution < 1.29 is 14.3 Å². The van der Waals surface area contributed by atoms with Crippen LogP contribution in [0.1, 0.15) is 17.3 Å². The first-order chi connectivity index (χ1) is 11.6. The second kappa shape index (κ2) is 7.07. The van der Waals surface area contributed by atoms with Crippen LogP contribution < -0.4 is 14.8 Å². The Morgan fingerprint density at radius 3 is 2.88 bits per heavy atom. The molecule has 1 N–H and O–H groups in total. The van der Waals surface area contributed by atoms with E-state index in [1.54, 1.807) is 18.2 Å². The zero-order valence-corrected chi connectivity index (χ0v) is 14.7. The summed E-state index contributed by atoms with van der Waals surface area (Å²) in [6, 6.07) is 10.5. The van der Waals surface area contributed by atoms with Crippen molar-refractivity contribution in [3.05, 3.63) is 47.0 Å². The van der Waals surface area contributed by atoms with Gasteiger partial charge in [0.05, 0.1) is 29.5 Å². The molecule has 0 saturated carbocycles. The minimum atomic E-state index is -0.321. The average Bonchev–Trinajstić information content (AvgIpc) is 2.96. The predicted molar refractivity (Wildman–Crippen MR) is 96.7 cm³/mol. The van der Waals surface area contributed by atoms with Crippen LogP contribution in [-0.2, 0) is 0 Å². The molecule has 5 nitrogen and oxygen atoms in total. The Morgan fingerprint density at radius 1 is 1.29 bits per heavy atom. The molecule has 0 bridgehead atoms. The SMILES string of the molecule is CCOc1ccc2nc(NC(=O)c3cc(Cl)ccc3OC)sc2c1. The normalized spacial score (nSPS) is 10.6. The summed E-state index contributed by atoms with van der Waals surface area (Å²) in [6.07, 6.45) is 0. The minimum Gasteiger partial charge on any atom is -0.496 e. The standard InChI is InChI=1S/C17H15ClN2O3S/c1-3-23-11-5-6-13-15(9-11)24-17(19-13)20-16(21)12-8-10(18)4-7-14(12)22-2/h4-9H,3H2,1-2H3,(H,19,20,21). The van der Waals surface area contributed by atoms with Gasteiger partial charge in [-0.3, -0.25) is 10.1 Å². The molecule has 0 aliphatic carbocycles. The van der Waals surface area contributed by atoms with Crippen molar-refractivity contribution in [2.45, 2.75) is 6.92 Å². The number of carbonyl (C=O) groups excluding carboxylic acids is 1. The first-order valence-corrected chi connectivity index (χ1v) is 8.48. The van der Waals surface area contributed by atoms with E-state index >= 15 is 0 Å². The maximum atomic E-state index is 12.5. The maximum absolute atomic E-state index is 12.5. The molecular formula is C17H15ClN2O3S. The number of halogens is 1. The molecule has 0 fully saturated rings. The van der Waals surface area contributed by atoms with Crippen molar-refractivity contribution in [2.75, 3.05) is 19.0 Å². The number of carbonyl (C=O) groups is 1. The number of amides is 1. The number of methoxy groups -OCH3 is 1. The highest BCUT2D eigenvalue weighted by Gasteiger charge is 2.15. The molecule has 3 aromatic rings. The summed E-state index contributed by atoms with van der Waals surface area (Å²) < 4.78 is 11.6. The molecule has 0 unspecified atom stereocenters. The van der Waals surface area contributed by atoms with Gasteiger partial charge in [-0.2, -0.15) is 0 Å². The molecule has 3 rings (SSSR count). The van der Waals surface area contributed by atoms with E-state index in [1.807, 2.05) is 25.1 Å². The Kier molecular flexibility index (Phi) is 4.87. The van der Waals surface area contributed by atoms with Gasteiger partial charge in [0, 0.05) is 5.02 Å². The molecule has 124 valence electrons. The van der Waals surface area contributed by atoms with Crippen LogP contribution in [-0.4, -0.2) is 24.6 Å². The van der Waals surface area contributed by atoms with Gasteiger partial charge in [-0.25, -0.2) is 4.98 Å². The van der Waals surface area contributed by atoms with Crippen LogP contribution in [0.3, 0.4) is 0 Å². The molecule has 0 atom stereocenters. The zero-order chi connectivity index (χ0) is 17.1. The average molecular weight is 363 g/mol. The number of anilines is 1. The van der Waals surface area contributed by atoms with Gasteiger partial charge in [0.15, 0.2) is 5.13 Å². The van der Waals surface area contributed by atoms with Gasteiger partial charge >= 0.3 is 0 Å². The smallest absolute Gasteiger partial charge is 0.261 e. The third kappa shape index (κ3) is 3.44. The second-order valence-electron chi connectivity index (χ2n) is 4.88. The highest BCUT2D eigenvalue weighted by Crippen LogP contribution is 2.30. The van der Waals surface area contributed by atoms with Crippen molar-refractivity contribution in [1.82, 2.24) is 4.98 Å². The minimum absolute atomic E-state index is 0.321. The van der Waals surface area contributed by atoms with E-state index in [0.29, 0.717) is 28.1 Å². The topological polar surface area (TPSA) is 60.5 Å². The molecule has 0 radical (unpaired) electrons. The van der Waals surface area contributed by atoms with Gasteiger partial charge in [-0.05, 0) is 43.3 Å². The van der Waals surface area contributed by atoms with Gasteiger partial charge in [-0.15, -0.1) is 0 Å². The molecule has 1 heterocycles. The number of ether oxygens (including phenoxy) is 2. The van der Waals surface area contributed by atoms with E-state index in [0.717, 1.165) is 16.0 Å². The van der Waals surface area contributed by atoms with Crippen LogP contribution >= 0.6 is 22.9 Å². The molecule has 2 aromatic carbocycles. The largest absolute Gasteiger partial charge is 0.496 e. The van der Waals surface area contributed by atoms with Crippen molar-refractivity contribution in [3.63, 3.8) is 0 Å². The van der Waals surface area contributed by atoms with Gasteiger partial charge in [0.1, 0.15) is 11.5 Å². The van der Waals surface area contributed by atoms with E-state index in [1.165, 1.54) is 18.4 Å². The Bertz CT molecular complexity index is 895. The fraction of sp³-hybridized carbons (Fsp3) is 0.176. The summed E-state index contributed by atoms with van der Waals surface area (Å²) >= 11 is 7.35. The van der Waals surface area contributed by atoms with Crippen LogP contribution in [0.5, 0.6) is 11.5 Å². The first kappa shape index (κ1) is 16.5. The monoisotopic (exact) mass is 362 g/mol. The Hall–Kier alpha value is -2.31. The van der Waals surface area contributed by atoms with E-state index in [9.17, 15) is 4.79 Å². The van der Waals surface area contributed by atoms with Gasteiger partial charge in [0.25, 0.3) is 5.91 Å². The molecule has 1 aromatic heterocycles. The van der Waals surface area contributed by atoms with Crippen LogP contribution in [0.4, 0.5) is 5.13 Å². The van der Waals surface area contributed by atoms with E-state index in [4.69, 9.17) is 21.1 Å². The van der Waals surface area contributed by atoms with E-state index in [-0.39, 0.29) is 5.91 Å². The summed E-state index contributed by atoms with van der Waals surface area (Å²) in [6.45, 7) is 2.53. The van der Waals surface area contributed by atoms with Gasteiger partial charge < -0.3 is 9.47 Å². The van der Waals surface area contributed by atoms with Crippen LogP contribution in [0.15, 0.2) is 36.4 Å². The summed E-state index contributed by atoms with van der Waals surface area (Å²) in [5, 5.41) is 3.76. The molecule has 0 aliphatic heterocycles. The summed E-state index contributed by atoms with van der Waals surface area (Å²) in [4.78, 5) is 16.9. The lowest BCUT2D eigenvalue weighted by Gasteiger charge is -2.08. The maximum Gasteiger partial charge on any atom is 0.261 e. The molecule has 0 aliphatic rings. The third-order valence-electron chi connectivity index (χ3n) is 3.30. The number of nitrogens with one attached hydrogen (secondary N) is 1. The first-order valence-electron chi connectivity index (χ1n) is 7.29. The van der Waals surface area contributed by atoms with Crippen LogP contribution in [0.25, 0.3) is 10.2 Å². The lowest BCUT2D eigenvalue weighted by Crippen LogP contribution is -2.13. The van der Waals surface area contributed by atoms with Crippen molar-refractivity contribution in [2.24, 2.45) is 0 Å². The predicted octanol–water partition coefficient (Wildman–Crippen LogP) is 4.61. The number of thiazole rings is 1. The van der Waals surface area contributed by atoms with Crippen molar-refractivity contribution >= 4 is 44.2 Å². The fourth-order valence-electron chi connectivity index (χ4n) is 2.24. The number of nitrogens with zero attached hydrogens (tertiary/aromatic N) is 1. The lowest BCUT2D eigenvalue weighted by atomic mass is 10.2. The van der Waals surface area contributed by atoms with Crippen LogP contribution in [0, 0.1) is 0 Å². The Morgan fingerprint density at radius 2 is 2.12 bits per heavy atom. The van der Waals surface area contributed by atoms with Crippen LogP contribution in [0.2, 0.25) is 5.02 Å². The molecule has 1 amide bonds. The van der Waals surface area contributed by atoms with Crippen molar-refractivity contribution in [1.29, 1.82) is 0 Å². The van der Waals surface area contributed by atoms with Crippen molar-refractivity contribution in [3.8, 4) is 11.5 Å². The highest BCUT2D eigenvalue weighted by molar-refractivity contribution is 7.22. The molecule has 0 spiro atoms. The zero-order valence-electron chi connectivity index (χ0n) is 13.1. The number of hydrogen-bond acceptors (Lipinski definition) is 5. The molecular weight excluding hydrogens is 348 g/mol. The summed E-state index contributed by atoms with van der Waals surface area (Å²) in [5.74, 6) is 0.915. The van der Waals surface area contributed by atoms with E-state index < -0.39 is 0 Å². The molecule has 24 heavy (non-hydrogen) atoms. The molecule has 7 heteroatoms. The van der Waals surface area contributed by atoms with Gasteiger partial charge in [-0.1, -0.05) is 22.9 Å². The van der Waals surface area contributed by atoms with Gasteiger partial charge in [0.2, 0.25) is 0 Å². The number of hydrogen-bond donors (Lipinski definition) is 1. The highest BCUT2D eigenvalue weighted by atomic mass is 35.5. The lowest BCUT2D eigenvalue weighted by molar-refractivity contribution is 0.102. The Labute approximate surface area is 148 Å². The quantitative estimate of drug-likeness (QED) is 0.720. The Balaban J connectivity index is 1.86. The number of rotatable bonds is 5. The molecule has 0 saturated heterocycles. The summed E-state index contributed by atoms with van der Waals surface area (Å²) in [5.41, 5.74) is 1.16. The summed E-state index contributed by atoms with van der Waals surface area (Å²) in [7, 11) is 1.51. The fourth-order valence-corrected chi connectivity index (χ4v) is 3.30. The number of fused-ring (bicyclic) bond motifs is 1. The second-order valence-corrected chi connectivity index (χ2v) is 6.35. The van der Waals surface area contributed by atoms with E-state index in [2.05, 4.69) is 10.3 Å². The number of benzene rings is 2. The number of aromatic nitrogens is 1. The third-order valence-corrected chi connectivity index (χ3v) is 4.47.